The lowest BCUT2D eigenvalue weighted by molar-refractivity contribution is -0.162. The Bertz CT molecular complexity index is 537. The standard InChI is InChI=1S/C16H24NO5P/c1-3-21-23(20,22-4-2)14-8-13-17(19)16(18)12-11-15-9-6-5-7-10-15/h5-10,14,19H,3-4,11-13H2,1-2H3/b14-8+. The van der Waals surface area contributed by atoms with E-state index >= 15 is 0 Å². The maximum absolute atomic E-state index is 12.2. The molecule has 0 aliphatic heterocycles. The van der Waals surface area contributed by atoms with Gasteiger partial charge in [0.2, 0.25) is 5.91 Å². The summed E-state index contributed by atoms with van der Waals surface area (Å²) in [7, 11) is -3.30. The van der Waals surface area contributed by atoms with Crippen LogP contribution >= 0.6 is 7.60 Å². The first-order valence-electron chi connectivity index (χ1n) is 7.60. The number of carbonyl (C=O) groups excluding carboxylic acids is 1. The highest BCUT2D eigenvalue weighted by Crippen LogP contribution is 2.49. The Morgan fingerprint density at radius 1 is 1.22 bits per heavy atom. The molecule has 128 valence electrons. The Kier molecular flexibility index (Phi) is 8.81. The van der Waals surface area contributed by atoms with Crippen LogP contribution in [0.25, 0.3) is 0 Å². The summed E-state index contributed by atoms with van der Waals surface area (Å²) in [6.07, 6.45) is 2.16. The summed E-state index contributed by atoms with van der Waals surface area (Å²) in [5.74, 6) is 0.870. The lowest BCUT2D eigenvalue weighted by Crippen LogP contribution is -2.27. The summed E-state index contributed by atoms with van der Waals surface area (Å²) in [4.78, 5) is 11.8. The van der Waals surface area contributed by atoms with Crippen LogP contribution in [0.2, 0.25) is 0 Å². The fourth-order valence-corrected chi connectivity index (χ4v) is 3.21. The average molecular weight is 341 g/mol. The van der Waals surface area contributed by atoms with E-state index in [4.69, 9.17) is 9.05 Å². The molecule has 1 aromatic carbocycles. The molecule has 1 N–H and O–H groups in total. The second-order valence-corrected chi connectivity index (χ2v) is 6.62. The fraction of sp³-hybridized carbons (Fsp3) is 0.438. The van der Waals surface area contributed by atoms with Crippen molar-refractivity contribution in [2.45, 2.75) is 26.7 Å². The van der Waals surface area contributed by atoms with Crippen molar-refractivity contribution >= 4 is 13.5 Å². The number of benzene rings is 1. The Hall–Kier alpha value is -1.46. The van der Waals surface area contributed by atoms with Crippen molar-refractivity contribution in [3.63, 3.8) is 0 Å². The topological polar surface area (TPSA) is 76.1 Å². The van der Waals surface area contributed by atoms with E-state index in [1.54, 1.807) is 13.8 Å². The number of hydrogen-bond donors (Lipinski definition) is 1. The minimum Gasteiger partial charge on any atom is -0.306 e. The van der Waals surface area contributed by atoms with Crippen molar-refractivity contribution in [1.82, 2.24) is 5.06 Å². The number of hydroxylamine groups is 2. The quantitative estimate of drug-likeness (QED) is 0.400. The number of aryl methyl sites for hydroxylation is 1. The molecule has 0 aliphatic carbocycles. The van der Waals surface area contributed by atoms with Gasteiger partial charge >= 0.3 is 7.60 Å². The van der Waals surface area contributed by atoms with E-state index in [0.29, 0.717) is 11.5 Å². The minimum absolute atomic E-state index is 0.0717. The summed E-state index contributed by atoms with van der Waals surface area (Å²) in [6.45, 7) is 3.86. The lowest BCUT2D eigenvalue weighted by Gasteiger charge is -2.15. The van der Waals surface area contributed by atoms with Gasteiger partial charge in [0.25, 0.3) is 0 Å². The third kappa shape index (κ3) is 7.57. The zero-order valence-electron chi connectivity index (χ0n) is 13.6. The summed E-state index contributed by atoms with van der Waals surface area (Å²) >= 11 is 0. The smallest absolute Gasteiger partial charge is 0.306 e. The first-order valence-corrected chi connectivity index (χ1v) is 9.21. The molecular formula is C16H24NO5P. The van der Waals surface area contributed by atoms with Gasteiger partial charge in [-0.1, -0.05) is 36.4 Å². The molecule has 0 heterocycles. The molecule has 0 atom stereocenters. The van der Waals surface area contributed by atoms with Gasteiger partial charge in [-0.3, -0.25) is 14.6 Å². The number of hydrogen-bond acceptors (Lipinski definition) is 5. The molecule has 0 radical (unpaired) electrons. The van der Waals surface area contributed by atoms with Crippen LogP contribution in [0.1, 0.15) is 25.8 Å². The molecule has 0 bridgehead atoms. The average Bonchev–Trinajstić information content (AvgIpc) is 2.54. The van der Waals surface area contributed by atoms with Crippen LogP contribution in [0, 0.1) is 0 Å². The van der Waals surface area contributed by atoms with Crippen molar-refractivity contribution < 1.29 is 23.6 Å². The zero-order valence-corrected chi connectivity index (χ0v) is 14.4. The van der Waals surface area contributed by atoms with Crippen LogP contribution in [0.3, 0.4) is 0 Å². The summed E-state index contributed by atoms with van der Waals surface area (Å²) in [5.41, 5.74) is 1.03. The van der Waals surface area contributed by atoms with Crippen molar-refractivity contribution in [2.75, 3.05) is 19.8 Å². The monoisotopic (exact) mass is 341 g/mol. The summed E-state index contributed by atoms with van der Waals surface area (Å²) in [5, 5.41) is 10.3. The molecule has 1 aromatic rings. The predicted molar refractivity (Wildman–Crippen MR) is 88.3 cm³/mol. The van der Waals surface area contributed by atoms with Gasteiger partial charge in [-0.25, -0.2) is 5.06 Å². The van der Waals surface area contributed by atoms with Crippen molar-refractivity contribution in [3.05, 3.63) is 47.8 Å². The first kappa shape index (κ1) is 19.6. The van der Waals surface area contributed by atoms with Crippen molar-refractivity contribution in [1.29, 1.82) is 0 Å². The van der Waals surface area contributed by atoms with Gasteiger partial charge < -0.3 is 9.05 Å². The maximum Gasteiger partial charge on any atom is 0.353 e. The second kappa shape index (κ2) is 10.3. The normalized spacial score (nSPS) is 11.8. The van der Waals surface area contributed by atoms with Gasteiger partial charge in [0.1, 0.15) is 0 Å². The Morgan fingerprint density at radius 3 is 2.39 bits per heavy atom. The molecule has 0 fully saturated rings. The first-order chi connectivity index (χ1) is 11.0. The van der Waals surface area contributed by atoms with Crippen LogP contribution in [-0.2, 0) is 24.8 Å². The van der Waals surface area contributed by atoms with Crippen LogP contribution in [-0.4, -0.2) is 35.9 Å². The molecule has 0 saturated carbocycles. The second-order valence-electron chi connectivity index (χ2n) is 4.72. The third-order valence-electron chi connectivity index (χ3n) is 2.94. The van der Waals surface area contributed by atoms with Gasteiger partial charge in [-0.05, 0) is 25.8 Å². The molecule has 0 unspecified atom stereocenters. The van der Waals surface area contributed by atoms with E-state index in [0.717, 1.165) is 5.56 Å². The Labute approximate surface area is 137 Å². The predicted octanol–water partition coefficient (Wildman–Crippen LogP) is 3.62. The van der Waals surface area contributed by atoms with Crippen LogP contribution in [0.4, 0.5) is 0 Å². The molecule has 7 heteroatoms. The Balaban J connectivity index is 2.45. The molecule has 1 amide bonds. The number of amides is 1. The fourth-order valence-electron chi connectivity index (χ4n) is 1.89. The largest absolute Gasteiger partial charge is 0.353 e. The van der Waals surface area contributed by atoms with E-state index in [1.165, 1.54) is 11.9 Å². The molecule has 0 aliphatic rings. The van der Waals surface area contributed by atoms with Gasteiger partial charge in [-0.15, -0.1) is 0 Å². The van der Waals surface area contributed by atoms with Crippen LogP contribution in [0.15, 0.2) is 42.2 Å². The van der Waals surface area contributed by atoms with Gasteiger partial charge in [-0.2, -0.15) is 0 Å². The molecule has 0 saturated heterocycles. The highest BCUT2D eigenvalue weighted by atomic mass is 31.2. The van der Waals surface area contributed by atoms with Gasteiger partial charge in [0.05, 0.1) is 19.8 Å². The molecule has 1 rings (SSSR count). The molecule has 0 aromatic heterocycles. The maximum atomic E-state index is 12.2. The number of carbonyl (C=O) groups is 1. The number of rotatable bonds is 10. The van der Waals surface area contributed by atoms with Crippen molar-refractivity contribution in [2.24, 2.45) is 0 Å². The van der Waals surface area contributed by atoms with E-state index in [-0.39, 0.29) is 26.2 Å². The SMILES string of the molecule is CCOP(=O)(/C=C/CN(O)C(=O)CCc1ccccc1)OCC. The zero-order chi connectivity index (χ0) is 17.1. The van der Waals surface area contributed by atoms with E-state index in [1.807, 2.05) is 30.3 Å². The Morgan fingerprint density at radius 2 is 1.83 bits per heavy atom. The summed E-state index contributed by atoms with van der Waals surface area (Å²) in [6, 6.07) is 9.56. The number of nitrogens with zero attached hydrogens (tertiary/aromatic N) is 1. The van der Waals surface area contributed by atoms with Gasteiger partial charge in [0, 0.05) is 12.2 Å². The minimum atomic E-state index is -3.30. The van der Waals surface area contributed by atoms with E-state index < -0.39 is 13.5 Å². The summed E-state index contributed by atoms with van der Waals surface area (Å²) < 4.78 is 22.3. The van der Waals surface area contributed by atoms with Crippen molar-refractivity contribution in [3.8, 4) is 0 Å². The molecule has 6 nitrogen and oxygen atoms in total. The molecule has 23 heavy (non-hydrogen) atoms. The molecule has 0 spiro atoms. The highest BCUT2D eigenvalue weighted by molar-refractivity contribution is 7.57. The highest BCUT2D eigenvalue weighted by Gasteiger charge is 2.19. The van der Waals surface area contributed by atoms with E-state index in [9.17, 15) is 14.6 Å². The lowest BCUT2D eigenvalue weighted by atomic mass is 10.1. The van der Waals surface area contributed by atoms with Crippen LogP contribution in [0.5, 0.6) is 0 Å². The van der Waals surface area contributed by atoms with E-state index in [2.05, 4.69) is 0 Å². The van der Waals surface area contributed by atoms with Crippen LogP contribution < -0.4 is 0 Å². The third-order valence-corrected chi connectivity index (χ3v) is 4.75. The molecular weight excluding hydrogens is 317 g/mol. The van der Waals surface area contributed by atoms with Gasteiger partial charge in [0.15, 0.2) is 0 Å².